The molecule has 4 nitrogen and oxygen atoms in total. The second-order valence-electron chi connectivity index (χ2n) is 5.62. The molecule has 0 aliphatic rings. The number of carbonyl (C=O) groups is 1. The van der Waals surface area contributed by atoms with Gasteiger partial charge in [0.15, 0.2) is 23.1 Å². The van der Waals surface area contributed by atoms with Crippen LogP contribution >= 0.6 is 0 Å². The topological polar surface area (TPSA) is 38.1 Å². The molecule has 1 amide bonds. The molecular weight excluding hydrogens is 369 g/mol. The van der Waals surface area contributed by atoms with Gasteiger partial charge in [0.2, 0.25) is 6.41 Å². The number of anilines is 2. The fraction of sp³-hybridized carbons (Fsp3) is 0.111. The Morgan fingerprint density at radius 1 is 1.07 bits per heavy atom. The van der Waals surface area contributed by atoms with Gasteiger partial charge in [-0.2, -0.15) is 5.10 Å². The van der Waals surface area contributed by atoms with Crippen molar-refractivity contribution in [1.29, 1.82) is 0 Å². The molecule has 9 heteroatoms. The van der Waals surface area contributed by atoms with Gasteiger partial charge >= 0.3 is 0 Å². The van der Waals surface area contributed by atoms with Gasteiger partial charge in [-0.25, -0.2) is 22.0 Å². The van der Waals surface area contributed by atoms with Gasteiger partial charge in [-0.15, -0.1) is 0 Å². The summed E-state index contributed by atoms with van der Waals surface area (Å²) in [6, 6.07) is 7.40. The first-order valence-corrected chi connectivity index (χ1v) is 7.63. The molecule has 1 heterocycles. The van der Waals surface area contributed by atoms with Crippen LogP contribution in [0, 0.1) is 17.5 Å². The number of aryl methyl sites for hydroxylation is 1. The van der Waals surface area contributed by atoms with E-state index in [0.29, 0.717) is 0 Å². The molecule has 140 valence electrons. The molecule has 3 rings (SSSR count). The molecule has 0 radical (unpaired) electrons. The SMILES string of the molecule is Cn1cc(N(C=O)c2ccccc2-c2cc(F)c(F)c(F)c2)c(C(F)F)n1. The van der Waals surface area contributed by atoms with Gasteiger partial charge in [0, 0.05) is 18.8 Å². The first-order valence-electron chi connectivity index (χ1n) is 7.63. The molecule has 2 aromatic carbocycles. The van der Waals surface area contributed by atoms with Crippen molar-refractivity contribution in [3.8, 4) is 11.1 Å². The number of hydrogen-bond acceptors (Lipinski definition) is 2. The molecule has 0 unspecified atom stereocenters. The molecule has 0 saturated heterocycles. The van der Waals surface area contributed by atoms with E-state index in [-0.39, 0.29) is 28.9 Å². The van der Waals surface area contributed by atoms with Crippen molar-refractivity contribution in [2.75, 3.05) is 4.90 Å². The molecule has 0 bridgehead atoms. The van der Waals surface area contributed by atoms with Gasteiger partial charge in [0.25, 0.3) is 6.43 Å². The lowest BCUT2D eigenvalue weighted by molar-refractivity contribution is -0.106. The van der Waals surface area contributed by atoms with Crippen molar-refractivity contribution in [1.82, 2.24) is 9.78 Å². The number of carbonyl (C=O) groups excluding carboxylic acids is 1. The van der Waals surface area contributed by atoms with E-state index in [0.717, 1.165) is 21.7 Å². The van der Waals surface area contributed by atoms with Crippen LogP contribution in [-0.2, 0) is 11.8 Å². The average molecular weight is 381 g/mol. The van der Waals surface area contributed by atoms with Crippen molar-refractivity contribution in [3.05, 3.63) is 65.7 Å². The lowest BCUT2D eigenvalue weighted by Crippen LogP contribution is -2.16. The Bertz CT molecular complexity index is 979. The number of nitrogens with zero attached hydrogens (tertiary/aromatic N) is 3. The van der Waals surface area contributed by atoms with Crippen LogP contribution in [-0.4, -0.2) is 16.2 Å². The highest BCUT2D eigenvalue weighted by Crippen LogP contribution is 2.38. The van der Waals surface area contributed by atoms with Crippen LogP contribution in [0.1, 0.15) is 12.1 Å². The molecule has 0 N–H and O–H groups in total. The molecule has 3 aromatic rings. The first-order chi connectivity index (χ1) is 12.8. The highest BCUT2D eigenvalue weighted by atomic mass is 19.3. The van der Waals surface area contributed by atoms with E-state index in [9.17, 15) is 26.7 Å². The van der Waals surface area contributed by atoms with E-state index in [2.05, 4.69) is 5.10 Å². The molecule has 0 aliphatic heterocycles. The summed E-state index contributed by atoms with van der Waals surface area (Å²) in [4.78, 5) is 12.6. The predicted octanol–water partition coefficient (Wildman–Crippen LogP) is 4.74. The maximum Gasteiger partial charge on any atom is 0.284 e. The lowest BCUT2D eigenvalue weighted by Gasteiger charge is -2.21. The monoisotopic (exact) mass is 381 g/mol. The fourth-order valence-electron chi connectivity index (χ4n) is 2.72. The summed E-state index contributed by atoms with van der Waals surface area (Å²) in [7, 11) is 1.41. The number of amides is 1. The Labute approximate surface area is 150 Å². The second kappa shape index (κ2) is 7.18. The van der Waals surface area contributed by atoms with Crippen molar-refractivity contribution >= 4 is 17.8 Å². The summed E-state index contributed by atoms with van der Waals surface area (Å²) < 4.78 is 68.2. The number of aromatic nitrogens is 2. The number of benzene rings is 2. The minimum absolute atomic E-state index is 0.0589. The molecule has 0 saturated carbocycles. The van der Waals surface area contributed by atoms with E-state index in [1.807, 2.05) is 0 Å². The van der Waals surface area contributed by atoms with Crippen molar-refractivity contribution in [2.24, 2.45) is 7.05 Å². The highest BCUT2D eigenvalue weighted by Gasteiger charge is 2.25. The third-order valence-electron chi connectivity index (χ3n) is 3.87. The fourth-order valence-corrected chi connectivity index (χ4v) is 2.72. The smallest absolute Gasteiger partial charge is 0.279 e. The molecule has 0 spiro atoms. The maximum atomic E-state index is 13.6. The summed E-state index contributed by atoms with van der Waals surface area (Å²) in [5.41, 5.74) is -0.649. The predicted molar refractivity (Wildman–Crippen MR) is 88.1 cm³/mol. The van der Waals surface area contributed by atoms with Gasteiger partial charge in [-0.1, -0.05) is 18.2 Å². The Balaban J connectivity index is 2.20. The molecule has 0 atom stereocenters. The van der Waals surface area contributed by atoms with Crippen LogP contribution in [0.2, 0.25) is 0 Å². The largest absolute Gasteiger partial charge is 0.284 e. The van der Waals surface area contributed by atoms with Crippen LogP contribution in [0.25, 0.3) is 11.1 Å². The second-order valence-corrected chi connectivity index (χ2v) is 5.62. The molecule has 27 heavy (non-hydrogen) atoms. The quantitative estimate of drug-likeness (QED) is 0.364. The number of alkyl halides is 2. The summed E-state index contributed by atoms with van der Waals surface area (Å²) in [6.07, 6.45) is -1.44. The van der Waals surface area contributed by atoms with E-state index in [1.165, 1.54) is 37.5 Å². The van der Waals surface area contributed by atoms with Crippen LogP contribution in [0.5, 0.6) is 0 Å². The minimum Gasteiger partial charge on any atom is -0.279 e. The number of hydrogen-bond donors (Lipinski definition) is 0. The highest BCUT2D eigenvalue weighted by molar-refractivity contribution is 5.94. The van der Waals surface area contributed by atoms with Crippen molar-refractivity contribution in [3.63, 3.8) is 0 Å². The van der Waals surface area contributed by atoms with Gasteiger partial charge < -0.3 is 0 Å². The Morgan fingerprint density at radius 3 is 2.30 bits per heavy atom. The van der Waals surface area contributed by atoms with Crippen LogP contribution in [0.15, 0.2) is 42.6 Å². The van der Waals surface area contributed by atoms with Gasteiger partial charge in [-0.05, 0) is 23.8 Å². The molecular formula is C18H12F5N3O. The number of rotatable bonds is 5. The Morgan fingerprint density at radius 2 is 1.70 bits per heavy atom. The summed E-state index contributed by atoms with van der Waals surface area (Å²) in [5.74, 6) is -4.45. The van der Waals surface area contributed by atoms with E-state index in [4.69, 9.17) is 0 Å². The van der Waals surface area contributed by atoms with E-state index in [1.54, 1.807) is 0 Å². The Kier molecular flexibility index (Phi) is 4.93. The van der Waals surface area contributed by atoms with Crippen LogP contribution < -0.4 is 4.90 Å². The van der Waals surface area contributed by atoms with Crippen molar-refractivity contribution < 1.29 is 26.7 Å². The molecule has 1 aromatic heterocycles. The van der Waals surface area contributed by atoms with Crippen LogP contribution in [0.4, 0.5) is 33.3 Å². The maximum absolute atomic E-state index is 13.6. The first kappa shape index (κ1) is 18.6. The normalized spacial score (nSPS) is 11.1. The zero-order chi connectivity index (χ0) is 19.7. The summed E-state index contributed by atoms with van der Waals surface area (Å²) in [6.45, 7) is 0. The average Bonchev–Trinajstić information content (AvgIpc) is 3.02. The van der Waals surface area contributed by atoms with Gasteiger partial charge in [0.1, 0.15) is 0 Å². The Hall–Kier alpha value is -3.23. The lowest BCUT2D eigenvalue weighted by atomic mass is 10.0. The van der Waals surface area contributed by atoms with Gasteiger partial charge in [0.05, 0.1) is 11.4 Å². The number of halogens is 5. The standard InChI is InChI=1S/C18H12F5N3O/c1-25-8-15(17(24-25)18(22)23)26(9-27)14-5-3-2-4-11(14)10-6-12(19)16(21)13(20)7-10/h2-9,18H,1H3. The third-order valence-corrected chi connectivity index (χ3v) is 3.87. The minimum atomic E-state index is -2.95. The van der Waals surface area contributed by atoms with Crippen molar-refractivity contribution in [2.45, 2.75) is 6.43 Å². The van der Waals surface area contributed by atoms with E-state index >= 15 is 0 Å². The third kappa shape index (κ3) is 3.40. The van der Waals surface area contributed by atoms with Gasteiger partial charge in [-0.3, -0.25) is 14.4 Å². The molecule has 0 aliphatic carbocycles. The summed E-state index contributed by atoms with van der Waals surface area (Å²) >= 11 is 0. The zero-order valence-electron chi connectivity index (χ0n) is 13.8. The number of para-hydroxylation sites is 1. The zero-order valence-corrected chi connectivity index (χ0v) is 13.8. The van der Waals surface area contributed by atoms with E-state index < -0.39 is 29.6 Å². The molecule has 0 fully saturated rings. The summed E-state index contributed by atoms with van der Waals surface area (Å²) in [5, 5.41) is 3.64. The van der Waals surface area contributed by atoms with Crippen LogP contribution in [0.3, 0.4) is 0 Å².